The number of rotatable bonds is 4. The van der Waals surface area contributed by atoms with Gasteiger partial charge in [-0.25, -0.2) is 4.98 Å². The van der Waals surface area contributed by atoms with Gasteiger partial charge in [-0.2, -0.15) is 0 Å². The van der Waals surface area contributed by atoms with Gasteiger partial charge in [0.1, 0.15) is 11.5 Å². The number of aryl methyl sites for hydroxylation is 1. The van der Waals surface area contributed by atoms with Crippen LogP contribution in [-0.2, 0) is 19.6 Å². The molecule has 1 unspecified atom stereocenters. The van der Waals surface area contributed by atoms with Gasteiger partial charge in [0.25, 0.3) is 0 Å². The summed E-state index contributed by atoms with van der Waals surface area (Å²) in [6.45, 7) is 5.90. The molecule has 1 aliphatic carbocycles. The van der Waals surface area contributed by atoms with Crippen LogP contribution in [0.4, 0.5) is 5.82 Å². The normalized spacial score (nSPS) is 24.1. The number of nitrogens with zero attached hydrogens (tertiary/aromatic N) is 6. The van der Waals surface area contributed by atoms with Crippen LogP contribution in [0, 0.1) is 5.92 Å². The number of piperazine rings is 1. The molecule has 6 rings (SSSR count). The van der Waals surface area contributed by atoms with Crippen LogP contribution < -0.4 is 4.90 Å². The average Bonchev–Trinajstić information content (AvgIpc) is 3.21. The summed E-state index contributed by atoms with van der Waals surface area (Å²) in [6, 6.07) is 11.0. The van der Waals surface area contributed by atoms with E-state index in [-0.39, 0.29) is 6.61 Å². The molecule has 33 heavy (non-hydrogen) atoms. The molecule has 0 aromatic carbocycles. The van der Waals surface area contributed by atoms with Crippen LogP contribution in [0.15, 0.2) is 36.5 Å². The minimum Gasteiger partial charge on any atom is -0.390 e. The Kier molecular flexibility index (Phi) is 5.56. The molecule has 2 aliphatic heterocycles. The molecule has 3 aliphatic rings. The van der Waals surface area contributed by atoms with Crippen LogP contribution >= 0.6 is 0 Å². The van der Waals surface area contributed by atoms with Crippen molar-refractivity contribution in [3.63, 3.8) is 0 Å². The number of hydrogen-bond donors (Lipinski definition) is 1. The second-order valence-corrected chi connectivity index (χ2v) is 9.94. The zero-order chi connectivity index (χ0) is 22.4. The molecule has 174 valence electrons. The first-order chi connectivity index (χ1) is 16.2. The van der Waals surface area contributed by atoms with Gasteiger partial charge in [0.15, 0.2) is 0 Å². The Labute approximate surface area is 195 Å². The highest BCUT2D eigenvalue weighted by molar-refractivity contribution is 5.55. The van der Waals surface area contributed by atoms with Gasteiger partial charge in [-0.05, 0) is 69.0 Å². The molecule has 0 bridgehead atoms. The van der Waals surface area contributed by atoms with E-state index in [2.05, 4.69) is 56.5 Å². The summed E-state index contributed by atoms with van der Waals surface area (Å²) in [4.78, 5) is 17.3. The minimum atomic E-state index is -0.00196. The van der Waals surface area contributed by atoms with Crippen molar-refractivity contribution in [2.45, 2.75) is 44.9 Å². The van der Waals surface area contributed by atoms with Crippen LogP contribution in [0.2, 0.25) is 0 Å². The lowest BCUT2D eigenvalue weighted by molar-refractivity contribution is 0.0680. The van der Waals surface area contributed by atoms with Gasteiger partial charge in [-0.1, -0.05) is 12.1 Å². The standard InChI is InChI=1S/C26H34N6O/c1-29-13-15-30(16-14-29)24-8-2-7-23-28-21(22(18-33)32(23)24)17-31-12-4-6-20-10-9-19-5-3-11-27-25(19)26(20)31/h2-3,5,7-8,11,20,26,33H,4,6,9-10,12-18H2,1H3/t20-,26?/m0/s1. The highest BCUT2D eigenvalue weighted by atomic mass is 16.3. The predicted octanol–water partition coefficient (Wildman–Crippen LogP) is 2.87. The molecule has 2 saturated heterocycles. The van der Waals surface area contributed by atoms with Crippen molar-refractivity contribution in [3.05, 3.63) is 59.2 Å². The predicted molar refractivity (Wildman–Crippen MR) is 129 cm³/mol. The molecule has 7 nitrogen and oxygen atoms in total. The van der Waals surface area contributed by atoms with Crippen molar-refractivity contribution in [1.29, 1.82) is 0 Å². The first kappa shape index (κ1) is 21.1. The van der Waals surface area contributed by atoms with Gasteiger partial charge < -0.3 is 14.9 Å². The summed E-state index contributed by atoms with van der Waals surface area (Å²) in [5.41, 5.74) is 5.53. The number of aromatic nitrogens is 3. The molecule has 0 amide bonds. The topological polar surface area (TPSA) is 60.1 Å². The Morgan fingerprint density at radius 2 is 1.91 bits per heavy atom. The number of aliphatic hydroxyl groups excluding tert-OH is 1. The van der Waals surface area contributed by atoms with Crippen LogP contribution in [0.25, 0.3) is 5.65 Å². The first-order valence-electron chi connectivity index (χ1n) is 12.4. The van der Waals surface area contributed by atoms with Crippen molar-refractivity contribution in [2.24, 2.45) is 5.92 Å². The Balaban J connectivity index is 1.36. The third-order valence-corrected chi connectivity index (χ3v) is 7.98. The number of hydrogen-bond acceptors (Lipinski definition) is 6. The van der Waals surface area contributed by atoms with Gasteiger partial charge in [0.05, 0.1) is 29.7 Å². The fraction of sp³-hybridized carbons (Fsp3) is 0.538. The van der Waals surface area contributed by atoms with E-state index in [0.717, 1.165) is 68.5 Å². The van der Waals surface area contributed by atoms with Crippen LogP contribution in [0.1, 0.15) is 47.9 Å². The lowest BCUT2D eigenvalue weighted by Crippen LogP contribution is -2.45. The van der Waals surface area contributed by atoms with Crippen molar-refractivity contribution in [2.75, 3.05) is 44.7 Å². The van der Waals surface area contributed by atoms with E-state index >= 15 is 0 Å². The number of likely N-dealkylation sites (N-methyl/N-ethyl adjacent to an activating group) is 1. The summed E-state index contributed by atoms with van der Waals surface area (Å²) in [6.07, 6.45) is 6.83. The number of imidazole rings is 1. The lowest BCUT2D eigenvalue weighted by Gasteiger charge is -2.44. The fourth-order valence-corrected chi connectivity index (χ4v) is 6.24. The Hall–Kier alpha value is -2.48. The zero-order valence-corrected chi connectivity index (χ0v) is 19.5. The SMILES string of the molecule is CN1CCN(c2cccc3nc(CN4CCC[C@H]5CCc6cccnc6C54)c(CO)n23)CC1. The summed E-state index contributed by atoms with van der Waals surface area (Å²) >= 11 is 0. The van der Waals surface area contributed by atoms with Gasteiger partial charge in [-0.15, -0.1) is 0 Å². The number of anilines is 1. The molecule has 1 N–H and O–H groups in total. The van der Waals surface area contributed by atoms with Gasteiger partial charge in [-0.3, -0.25) is 14.3 Å². The molecule has 0 saturated carbocycles. The van der Waals surface area contributed by atoms with Crippen molar-refractivity contribution in [3.8, 4) is 0 Å². The number of piperidine rings is 1. The Morgan fingerprint density at radius 3 is 2.76 bits per heavy atom. The maximum atomic E-state index is 10.5. The Bertz CT molecular complexity index is 1140. The lowest BCUT2D eigenvalue weighted by atomic mass is 9.77. The molecule has 3 aromatic heterocycles. The second kappa shape index (κ2) is 8.70. The monoisotopic (exact) mass is 446 g/mol. The first-order valence-corrected chi connectivity index (χ1v) is 12.4. The highest BCUT2D eigenvalue weighted by Gasteiger charge is 2.38. The van der Waals surface area contributed by atoms with E-state index < -0.39 is 0 Å². The van der Waals surface area contributed by atoms with Crippen LogP contribution in [0.3, 0.4) is 0 Å². The molecule has 2 atom stereocenters. The van der Waals surface area contributed by atoms with Crippen LogP contribution in [-0.4, -0.2) is 69.0 Å². The smallest absolute Gasteiger partial charge is 0.138 e. The number of pyridine rings is 2. The van der Waals surface area contributed by atoms with E-state index in [4.69, 9.17) is 9.97 Å². The molecule has 2 fully saturated rings. The second-order valence-electron chi connectivity index (χ2n) is 9.94. The van der Waals surface area contributed by atoms with Crippen LogP contribution in [0.5, 0.6) is 0 Å². The maximum Gasteiger partial charge on any atom is 0.138 e. The van der Waals surface area contributed by atoms with Gasteiger partial charge in [0, 0.05) is 38.9 Å². The van der Waals surface area contributed by atoms with E-state index in [1.807, 2.05) is 6.20 Å². The van der Waals surface area contributed by atoms with Crippen molar-refractivity contribution in [1.82, 2.24) is 24.2 Å². The molecule has 0 radical (unpaired) electrons. The van der Waals surface area contributed by atoms with Crippen molar-refractivity contribution >= 4 is 11.5 Å². The average molecular weight is 447 g/mol. The number of likely N-dealkylation sites (tertiary alicyclic amines) is 1. The van der Waals surface area contributed by atoms with E-state index in [0.29, 0.717) is 12.0 Å². The third-order valence-electron chi connectivity index (χ3n) is 7.98. The number of aliphatic hydroxyl groups is 1. The summed E-state index contributed by atoms with van der Waals surface area (Å²) < 4.78 is 2.19. The van der Waals surface area contributed by atoms with E-state index in [1.54, 1.807) is 0 Å². The van der Waals surface area contributed by atoms with Gasteiger partial charge >= 0.3 is 0 Å². The zero-order valence-electron chi connectivity index (χ0n) is 19.5. The summed E-state index contributed by atoms with van der Waals surface area (Å²) in [7, 11) is 2.18. The van der Waals surface area contributed by atoms with E-state index in [1.165, 1.54) is 30.5 Å². The molecule has 5 heterocycles. The fourth-order valence-electron chi connectivity index (χ4n) is 6.24. The summed E-state index contributed by atoms with van der Waals surface area (Å²) in [5.74, 6) is 1.81. The highest BCUT2D eigenvalue weighted by Crippen LogP contribution is 2.43. The number of fused-ring (bicyclic) bond motifs is 4. The molecule has 7 heteroatoms. The van der Waals surface area contributed by atoms with Crippen molar-refractivity contribution < 1.29 is 5.11 Å². The largest absolute Gasteiger partial charge is 0.390 e. The third kappa shape index (κ3) is 3.72. The molecular formula is C26H34N6O. The molecule has 3 aromatic rings. The molecular weight excluding hydrogens is 412 g/mol. The van der Waals surface area contributed by atoms with E-state index in [9.17, 15) is 5.11 Å². The van der Waals surface area contributed by atoms with Gasteiger partial charge in [0.2, 0.25) is 0 Å². The maximum absolute atomic E-state index is 10.5. The molecule has 0 spiro atoms. The Morgan fingerprint density at radius 1 is 1.03 bits per heavy atom. The quantitative estimate of drug-likeness (QED) is 0.665. The minimum absolute atomic E-state index is 0.00196. The summed E-state index contributed by atoms with van der Waals surface area (Å²) in [5, 5.41) is 10.5.